The molecule has 7 heteroatoms. The number of benzene rings is 2. The molecule has 0 radical (unpaired) electrons. The molecule has 1 N–H and O–H groups in total. The van der Waals surface area contributed by atoms with Gasteiger partial charge in [-0.3, -0.25) is 9.69 Å². The van der Waals surface area contributed by atoms with E-state index < -0.39 is 0 Å². The third-order valence-electron chi connectivity index (χ3n) is 4.12. The number of nitrogens with one attached hydrogen (secondary N) is 1. The van der Waals surface area contributed by atoms with Crippen LogP contribution >= 0.6 is 0 Å². The Labute approximate surface area is 151 Å². The second-order valence-corrected chi connectivity index (χ2v) is 5.96. The minimum Gasteiger partial charge on any atom is -0.492 e. The molecule has 1 saturated heterocycles. The lowest BCUT2D eigenvalue weighted by molar-refractivity contribution is 0.0773. The summed E-state index contributed by atoms with van der Waals surface area (Å²) in [7, 11) is 1.69. The number of ether oxygens (including phenoxy) is 1. The topological polar surface area (TPSA) is 61.9 Å². The smallest absolute Gasteiger partial charge is 0.321 e. The Morgan fingerprint density at radius 1 is 1.27 bits per heavy atom. The fourth-order valence-electron chi connectivity index (χ4n) is 2.68. The Balaban J connectivity index is 1.57. The number of halogens is 1. The zero-order chi connectivity index (χ0) is 18.5. The van der Waals surface area contributed by atoms with Crippen LogP contribution in [-0.4, -0.2) is 50.1 Å². The minimum absolute atomic E-state index is 0.157. The highest BCUT2D eigenvalue weighted by Gasteiger charge is 2.22. The van der Waals surface area contributed by atoms with Crippen LogP contribution < -0.4 is 15.0 Å². The molecule has 0 saturated carbocycles. The minimum atomic E-state index is -0.323. The van der Waals surface area contributed by atoms with Crippen molar-refractivity contribution in [3.8, 4) is 5.75 Å². The van der Waals surface area contributed by atoms with Crippen LogP contribution in [0.4, 0.5) is 14.9 Å². The zero-order valence-electron chi connectivity index (χ0n) is 14.4. The average Bonchev–Trinajstić information content (AvgIpc) is 3.08. The van der Waals surface area contributed by atoms with Crippen LogP contribution in [0.3, 0.4) is 0 Å². The molecule has 0 aliphatic carbocycles. The molecule has 1 heterocycles. The van der Waals surface area contributed by atoms with Gasteiger partial charge in [-0.15, -0.1) is 0 Å². The van der Waals surface area contributed by atoms with Crippen molar-refractivity contribution in [2.75, 3.05) is 38.2 Å². The van der Waals surface area contributed by atoms with Crippen LogP contribution in [-0.2, 0) is 0 Å². The number of hydrogen-bond donors (Lipinski definition) is 1. The van der Waals surface area contributed by atoms with Crippen LogP contribution in [0.2, 0.25) is 0 Å². The number of amides is 3. The van der Waals surface area contributed by atoms with Crippen LogP contribution in [0.1, 0.15) is 10.4 Å². The Morgan fingerprint density at radius 2 is 2.04 bits per heavy atom. The lowest BCUT2D eigenvalue weighted by Crippen LogP contribution is -2.31. The number of likely N-dealkylation sites (N-methyl/N-ethyl adjacent to an activating group) is 1. The highest BCUT2D eigenvalue weighted by Crippen LogP contribution is 2.19. The van der Waals surface area contributed by atoms with Gasteiger partial charge in [0.25, 0.3) is 5.91 Å². The van der Waals surface area contributed by atoms with Crippen molar-refractivity contribution < 1.29 is 18.7 Å². The molecule has 0 spiro atoms. The molecule has 2 aromatic rings. The summed E-state index contributed by atoms with van der Waals surface area (Å²) in [6.45, 7) is 1.85. The second-order valence-electron chi connectivity index (χ2n) is 5.96. The maximum atomic E-state index is 12.9. The monoisotopic (exact) mass is 357 g/mol. The van der Waals surface area contributed by atoms with E-state index in [0.717, 1.165) is 0 Å². The van der Waals surface area contributed by atoms with Crippen molar-refractivity contribution in [1.29, 1.82) is 0 Å². The second kappa shape index (κ2) is 7.86. The average molecular weight is 357 g/mol. The first-order valence-corrected chi connectivity index (χ1v) is 8.34. The van der Waals surface area contributed by atoms with E-state index in [2.05, 4.69) is 5.32 Å². The Morgan fingerprint density at radius 3 is 2.73 bits per heavy atom. The molecule has 1 aliphatic rings. The first-order chi connectivity index (χ1) is 12.5. The van der Waals surface area contributed by atoms with Gasteiger partial charge in [-0.05, 0) is 42.5 Å². The molecule has 26 heavy (non-hydrogen) atoms. The summed E-state index contributed by atoms with van der Waals surface area (Å²) in [6.07, 6.45) is 0. The van der Waals surface area contributed by atoms with Crippen molar-refractivity contribution in [2.45, 2.75) is 0 Å². The van der Waals surface area contributed by atoms with E-state index in [-0.39, 0.29) is 17.8 Å². The standard InChI is InChI=1S/C19H20FN3O3/c1-22(11-12-26-17-7-5-15(20)6-8-17)18(24)14-3-2-4-16(13-14)23-10-9-21-19(23)25/h2-8,13H,9-12H2,1H3,(H,21,25). The maximum Gasteiger partial charge on any atom is 0.321 e. The predicted molar refractivity (Wildman–Crippen MR) is 96.0 cm³/mol. The third kappa shape index (κ3) is 4.11. The van der Waals surface area contributed by atoms with Gasteiger partial charge in [-0.25, -0.2) is 9.18 Å². The van der Waals surface area contributed by atoms with Gasteiger partial charge in [0.15, 0.2) is 0 Å². The van der Waals surface area contributed by atoms with Gasteiger partial charge in [-0.1, -0.05) is 6.07 Å². The zero-order valence-corrected chi connectivity index (χ0v) is 14.4. The summed E-state index contributed by atoms with van der Waals surface area (Å²) in [5, 5.41) is 2.74. The van der Waals surface area contributed by atoms with Crippen LogP contribution in [0.25, 0.3) is 0 Å². The van der Waals surface area contributed by atoms with Crippen molar-refractivity contribution in [3.63, 3.8) is 0 Å². The first kappa shape index (κ1) is 17.7. The molecule has 2 aromatic carbocycles. The molecule has 136 valence electrons. The lowest BCUT2D eigenvalue weighted by atomic mass is 10.1. The quantitative estimate of drug-likeness (QED) is 0.864. The summed E-state index contributed by atoms with van der Waals surface area (Å²) in [5.41, 5.74) is 1.20. The molecule has 0 unspecified atom stereocenters. The molecule has 1 fully saturated rings. The van der Waals surface area contributed by atoms with E-state index in [9.17, 15) is 14.0 Å². The van der Waals surface area contributed by atoms with Crippen molar-refractivity contribution >= 4 is 17.6 Å². The van der Waals surface area contributed by atoms with Crippen molar-refractivity contribution in [3.05, 3.63) is 59.9 Å². The number of carbonyl (C=O) groups is 2. The molecule has 3 amide bonds. The van der Waals surface area contributed by atoms with E-state index in [1.807, 2.05) is 0 Å². The largest absolute Gasteiger partial charge is 0.492 e. The SMILES string of the molecule is CN(CCOc1ccc(F)cc1)C(=O)c1cccc(N2CCNC2=O)c1. The fraction of sp³-hybridized carbons (Fsp3) is 0.263. The molecule has 0 aromatic heterocycles. The molecule has 0 atom stereocenters. The highest BCUT2D eigenvalue weighted by atomic mass is 19.1. The van der Waals surface area contributed by atoms with E-state index in [4.69, 9.17) is 4.74 Å². The molecule has 6 nitrogen and oxygen atoms in total. The summed E-state index contributed by atoms with van der Waals surface area (Å²) >= 11 is 0. The normalized spacial score (nSPS) is 13.5. The Hall–Kier alpha value is -3.09. The highest BCUT2D eigenvalue weighted by molar-refractivity contribution is 5.98. The molecule has 1 aliphatic heterocycles. The summed E-state index contributed by atoms with van der Waals surface area (Å²) in [6, 6.07) is 12.6. The lowest BCUT2D eigenvalue weighted by Gasteiger charge is -2.19. The fourth-order valence-corrected chi connectivity index (χ4v) is 2.68. The van der Waals surface area contributed by atoms with Gasteiger partial charge in [0.2, 0.25) is 0 Å². The van der Waals surface area contributed by atoms with E-state index in [1.54, 1.807) is 53.2 Å². The Bertz CT molecular complexity index is 795. The molecular weight excluding hydrogens is 337 g/mol. The summed E-state index contributed by atoms with van der Waals surface area (Å²) in [5.74, 6) is 0.0691. The number of nitrogens with zero attached hydrogens (tertiary/aromatic N) is 2. The van der Waals surface area contributed by atoms with Gasteiger partial charge in [0.05, 0.1) is 6.54 Å². The number of urea groups is 1. The summed E-state index contributed by atoms with van der Waals surface area (Å²) < 4.78 is 18.4. The number of carbonyl (C=O) groups excluding carboxylic acids is 2. The van der Waals surface area contributed by atoms with Gasteiger partial charge in [-0.2, -0.15) is 0 Å². The number of anilines is 1. The summed E-state index contributed by atoms with van der Waals surface area (Å²) in [4.78, 5) is 27.5. The van der Waals surface area contributed by atoms with Crippen LogP contribution in [0.15, 0.2) is 48.5 Å². The number of rotatable bonds is 6. The van der Waals surface area contributed by atoms with Gasteiger partial charge < -0.3 is 15.0 Å². The van der Waals surface area contributed by atoms with Crippen molar-refractivity contribution in [2.24, 2.45) is 0 Å². The van der Waals surface area contributed by atoms with E-state index in [1.165, 1.54) is 12.1 Å². The van der Waals surface area contributed by atoms with E-state index in [0.29, 0.717) is 43.2 Å². The Kier molecular flexibility index (Phi) is 5.36. The van der Waals surface area contributed by atoms with E-state index >= 15 is 0 Å². The third-order valence-corrected chi connectivity index (χ3v) is 4.12. The van der Waals surface area contributed by atoms with Gasteiger partial charge >= 0.3 is 6.03 Å². The maximum absolute atomic E-state index is 12.9. The van der Waals surface area contributed by atoms with Crippen molar-refractivity contribution in [1.82, 2.24) is 10.2 Å². The van der Waals surface area contributed by atoms with Crippen LogP contribution in [0.5, 0.6) is 5.75 Å². The molecule has 3 rings (SSSR count). The molecule has 0 bridgehead atoms. The molecular formula is C19H20FN3O3. The van der Waals surface area contributed by atoms with Gasteiger partial charge in [0.1, 0.15) is 18.2 Å². The first-order valence-electron chi connectivity index (χ1n) is 8.34. The van der Waals surface area contributed by atoms with Gasteiger partial charge in [0, 0.05) is 31.4 Å². The number of hydrogen-bond acceptors (Lipinski definition) is 3. The van der Waals surface area contributed by atoms with Crippen LogP contribution in [0, 0.1) is 5.82 Å². The predicted octanol–water partition coefficient (Wildman–Crippen LogP) is 2.51.